The maximum atomic E-state index is 13.0. The summed E-state index contributed by atoms with van der Waals surface area (Å²) in [6.45, 7) is 1.71. The summed E-state index contributed by atoms with van der Waals surface area (Å²) in [5, 5.41) is 9.48. The van der Waals surface area contributed by atoms with E-state index >= 15 is 0 Å². The second kappa shape index (κ2) is 3.08. The average molecular weight is 207 g/mol. The molecule has 0 aliphatic heterocycles. The van der Waals surface area contributed by atoms with Crippen LogP contribution in [-0.2, 0) is 7.05 Å². The fourth-order valence-corrected chi connectivity index (χ4v) is 1.81. The molecule has 15 heavy (non-hydrogen) atoms. The second-order valence-corrected chi connectivity index (χ2v) is 3.49. The van der Waals surface area contributed by atoms with Crippen LogP contribution in [0.1, 0.15) is 16.1 Å². The Morgan fingerprint density at radius 3 is 2.73 bits per heavy atom. The molecule has 1 N–H and O–H groups in total. The third kappa shape index (κ3) is 1.29. The maximum Gasteiger partial charge on any atom is 0.338 e. The number of aromatic carboxylic acids is 1. The van der Waals surface area contributed by atoms with Crippen molar-refractivity contribution in [2.45, 2.75) is 6.92 Å². The van der Waals surface area contributed by atoms with Gasteiger partial charge in [-0.25, -0.2) is 9.18 Å². The molecular formula is C11H10FNO2. The number of aryl methyl sites for hydroxylation is 1. The minimum atomic E-state index is -1.02. The van der Waals surface area contributed by atoms with E-state index in [9.17, 15) is 9.18 Å². The standard InChI is InChI=1S/C11H10FNO2/c1-6-10(11(14)15)8-5-7(12)3-4-9(8)13(6)2/h3-5H,1-2H3,(H,14,15). The molecule has 0 saturated heterocycles. The number of fused-ring (bicyclic) bond motifs is 1. The third-order valence-corrected chi connectivity index (χ3v) is 2.67. The van der Waals surface area contributed by atoms with Crippen LogP contribution in [-0.4, -0.2) is 15.6 Å². The van der Waals surface area contributed by atoms with Crippen LogP contribution in [0.25, 0.3) is 10.9 Å². The Hall–Kier alpha value is -1.84. The summed E-state index contributed by atoms with van der Waals surface area (Å²) < 4.78 is 14.8. The Balaban J connectivity index is 2.95. The van der Waals surface area contributed by atoms with Gasteiger partial charge in [-0.3, -0.25) is 0 Å². The predicted octanol–water partition coefficient (Wildman–Crippen LogP) is 2.32. The molecule has 0 bridgehead atoms. The molecule has 0 fully saturated rings. The molecule has 0 saturated carbocycles. The first kappa shape index (κ1) is 9.71. The molecule has 0 unspecified atom stereocenters. The Labute approximate surface area is 85.7 Å². The average Bonchev–Trinajstić information content (AvgIpc) is 2.39. The maximum absolute atomic E-state index is 13.0. The van der Waals surface area contributed by atoms with Crippen LogP contribution in [0.3, 0.4) is 0 Å². The van der Waals surface area contributed by atoms with Gasteiger partial charge >= 0.3 is 5.97 Å². The number of nitrogens with zero attached hydrogens (tertiary/aromatic N) is 1. The minimum Gasteiger partial charge on any atom is -0.478 e. The zero-order chi connectivity index (χ0) is 11.2. The van der Waals surface area contributed by atoms with Crippen molar-refractivity contribution in [2.75, 3.05) is 0 Å². The SMILES string of the molecule is Cc1c(C(=O)O)c2cc(F)ccc2n1C. The van der Waals surface area contributed by atoms with E-state index in [1.54, 1.807) is 24.6 Å². The quantitative estimate of drug-likeness (QED) is 0.779. The summed E-state index contributed by atoms with van der Waals surface area (Å²) in [7, 11) is 1.77. The van der Waals surface area contributed by atoms with Crippen molar-refractivity contribution in [3.8, 4) is 0 Å². The molecule has 0 aliphatic rings. The number of hydrogen-bond donors (Lipinski definition) is 1. The van der Waals surface area contributed by atoms with Crippen LogP contribution in [0.2, 0.25) is 0 Å². The van der Waals surface area contributed by atoms with Crippen molar-refractivity contribution >= 4 is 16.9 Å². The molecule has 0 atom stereocenters. The first-order valence-corrected chi connectivity index (χ1v) is 4.50. The van der Waals surface area contributed by atoms with Crippen molar-refractivity contribution in [1.29, 1.82) is 0 Å². The van der Waals surface area contributed by atoms with Crippen LogP contribution in [0, 0.1) is 12.7 Å². The fourth-order valence-electron chi connectivity index (χ4n) is 1.81. The largest absolute Gasteiger partial charge is 0.478 e. The predicted molar refractivity (Wildman–Crippen MR) is 54.6 cm³/mol. The zero-order valence-electron chi connectivity index (χ0n) is 8.41. The van der Waals surface area contributed by atoms with Gasteiger partial charge in [-0.15, -0.1) is 0 Å². The van der Waals surface area contributed by atoms with Crippen molar-refractivity contribution < 1.29 is 14.3 Å². The van der Waals surface area contributed by atoms with Crippen LogP contribution < -0.4 is 0 Å². The Kier molecular flexibility index (Phi) is 2.00. The molecule has 4 heteroatoms. The molecule has 0 radical (unpaired) electrons. The summed E-state index contributed by atoms with van der Waals surface area (Å²) in [5.41, 5.74) is 1.53. The number of carboxylic acids is 1. The van der Waals surface area contributed by atoms with Crippen LogP contribution in [0.5, 0.6) is 0 Å². The second-order valence-electron chi connectivity index (χ2n) is 3.49. The monoisotopic (exact) mass is 207 g/mol. The van der Waals surface area contributed by atoms with Gasteiger partial charge in [0, 0.05) is 23.6 Å². The number of carboxylic acid groups (broad SMARTS) is 1. The highest BCUT2D eigenvalue weighted by Gasteiger charge is 2.17. The molecule has 1 heterocycles. The smallest absolute Gasteiger partial charge is 0.338 e. The molecule has 1 aromatic heterocycles. The lowest BCUT2D eigenvalue weighted by Gasteiger charge is -1.97. The van der Waals surface area contributed by atoms with Gasteiger partial charge in [0.1, 0.15) is 5.82 Å². The lowest BCUT2D eigenvalue weighted by Crippen LogP contribution is -1.99. The summed E-state index contributed by atoms with van der Waals surface area (Å²) >= 11 is 0. The number of hydrogen-bond acceptors (Lipinski definition) is 1. The van der Waals surface area contributed by atoms with Crippen LogP contribution >= 0.6 is 0 Å². The lowest BCUT2D eigenvalue weighted by atomic mass is 10.1. The number of halogens is 1. The minimum absolute atomic E-state index is 0.173. The van der Waals surface area contributed by atoms with Gasteiger partial charge < -0.3 is 9.67 Å². The molecule has 2 rings (SSSR count). The van der Waals surface area contributed by atoms with Crippen LogP contribution in [0.15, 0.2) is 18.2 Å². The molecule has 0 aliphatic carbocycles. The normalized spacial score (nSPS) is 10.9. The molecule has 0 spiro atoms. The molecule has 3 nitrogen and oxygen atoms in total. The topological polar surface area (TPSA) is 42.2 Å². The van der Waals surface area contributed by atoms with Crippen molar-refractivity contribution in [2.24, 2.45) is 7.05 Å². The first-order chi connectivity index (χ1) is 7.02. The van der Waals surface area contributed by atoms with E-state index in [4.69, 9.17) is 5.11 Å². The highest BCUT2D eigenvalue weighted by Crippen LogP contribution is 2.25. The van der Waals surface area contributed by atoms with Crippen LogP contribution in [0.4, 0.5) is 4.39 Å². The van der Waals surface area contributed by atoms with Crippen molar-refractivity contribution in [3.63, 3.8) is 0 Å². The van der Waals surface area contributed by atoms with Gasteiger partial charge in [-0.2, -0.15) is 0 Å². The van der Waals surface area contributed by atoms with Gasteiger partial charge in [-0.05, 0) is 25.1 Å². The molecule has 1 aromatic carbocycles. The highest BCUT2D eigenvalue weighted by molar-refractivity contribution is 6.05. The summed E-state index contributed by atoms with van der Waals surface area (Å²) in [5.74, 6) is -1.45. The Morgan fingerprint density at radius 1 is 1.47 bits per heavy atom. The van der Waals surface area contributed by atoms with E-state index in [0.717, 1.165) is 5.52 Å². The van der Waals surface area contributed by atoms with E-state index in [2.05, 4.69) is 0 Å². The van der Waals surface area contributed by atoms with E-state index < -0.39 is 11.8 Å². The zero-order valence-corrected chi connectivity index (χ0v) is 8.41. The van der Waals surface area contributed by atoms with Gasteiger partial charge in [0.05, 0.1) is 5.56 Å². The van der Waals surface area contributed by atoms with Gasteiger partial charge in [-0.1, -0.05) is 0 Å². The summed E-state index contributed by atoms with van der Waals surface area (Å²) in [4.78, 5) is 11.0. The number of aromatic nitrogens is 1. The van der Waals surface area contributed by atoms with Gasteiger partial charge in [0.25, 0.3) is 0 Å². The van der Waals surface area contributed by atoms with Crippen molar-refractivity contribution in [3.05, 3.63) is 35.3 Å². The Morgan fingerprint density at radius 2 is 2.13 bits per heavy atom. The van der Waals surface area contributed by atoms with Gasteiger partial charge in [0.2, 0.25) is 0 Å². The molecule has 0 amide bonds. The lowest BCUT2D eigenvalue weighted by molar-refractivity contribution is 0.0698. The number of benzene rings is 1. The van der Waals surface area contributed by atoms with E-state index in [1.807, 2.05) is 0 Å². The van der Waals surface area contributed by atoms with E-state index in [0.29, 0.717) is 11.1 Å². The fraction of sp³-hybridized carbons (Fsp3) is 0.182. The third-order valence-electron chi connectivity index (χ3n) is 2.67. The summed E-state index contributed by atoms with van der Waals surface area (Å²) in [6, 6.07) is 4.17. The highest BCUT2D eigenvalue weighted by atomic mass is 19.1. The summed E-state index contributed by atoms with van der Waals surface area (Å²) in [6.07, 6.45) is 0. The van der Waals surface area contributed by atoms with Crippen molar-refractivity contribution in [1.82, 2.24) is 4.57 Å². The number of carbonyl (C=O) groups is 1. The molecular weight excluding hydrogens is 197 g/mol. The molecule has 2 aromatic rings. The first-order valence-electron chi connectivity index (χ1n) is 4.50. The molecule has 78 valence electrons. The van der Waals surface area contributed by atoms with Gasteiger partial charge in [0.15, 0.2) is 0 Å². The number of rotatable bonds is 1. The Bertz CT molecular complexity index is 557. The van der Waals surface area contributed by atoms with E-state index in [1.165, 1.54) is 12.1 Å². The van der Waals surface area contributed by atoms with E-state index in [-0.39, 0.29) is 5.56 Å².